The molecule has 112 valence electrons. The van der Waals surface area contributed by atoms with Gasteiger partial charge in [0.15, 0.2) is 0 Å². The summed E-state index contributed by atoms with van der Waals surface area (Å²) in [6.07, 6.45) is 0. The Hall–Kier alpha value is -1.58. The molecule has 3 nitrogen and oxygen atoms in total. The van der Waals surface area contributed by atoms with Crippen LogP contribution in [0.5, 0.6) is 11.6 Å². The summed E-state index contributed by atoms with van der Waals surface area (Å²) in [5.74, 6) is 1.92. The van der Waals surface area contributed by atoms with E-state index in [-0.39, 0.29) is 0 Å². The second-order valence-electron chi connectivity index (χ2n) is 5.48. The number of hydrogen-bond donors (Lipinski definition) is 1. The van der Waals surface area contributed by atoms with Crippen molar-refractivity contribution in [3.63, 3.8) is 0 Å². The van der Waals surface area contributed by atoms with Crippen molar-refractivity contribution >= 4 is 11.6 Å². The number of ether oxygens (including phenoxy) is 1. The van der Waals surface area contributed by atoms with Crippen LogP contribution < -0.4 is 10.1 Å². The van der Waals surface area contributed by atoms with E-state index in [9.17, 15) is 0 Å². The highest BCUT2D eigenvalue weighted by Gasteiger charge is 2.04. The molecule has 0 atom stereocenters. The summed E-state index contributed by atoms with van der Waals surface area (Å²) < 4.78 is 5.72. The number of pyridine rings is 1. The number of benzene rings is 1. The lowest BCUT2D eigenvalue weighted by Gasteiger charge is -2.11. The Morgan fingerprint density at radius 2 is 2.05 bits per heavy atom. The summed E-state index contributed by atoms with van der Waals surface area (Å²) in [4.78, 5) is 4.49. The van der Waals surface area contributed by atoms with E-state index in [1.54, 1.807) is 6.07 Å². The lowest BCUT2D eigenvalue weighted by molar-refractivity contribution is 0.460. The average Bonchev–Trinajstić information content (AvgIpc) is 2.41. The van der Waals surface area contributed by atoms with Gasteiger partial charge < -0.3 is 10.1 Å². The van der Waals surface area contributed by atoms with Crippen LogP contribution in [0.1, 0.15) is 25.1 Å². The Morgan fingerprint density at radius 1 is 1.24 bits per heavy atom. The number of nitrogens with one attached hydrogen (secondary N) is 1. The molecular formula is C17H21ClN2O. The van der Waals surface area contributed by atoms with Crippen molar-refractivity contribution < 1.29 is 4.74 Å². The van der Waals surface area contributed by atoms with Crippen LogP contribution in [0, 0.1) is 12.8 Å². The Bertz CT molecular complexity index is 599. The minimum atomic E-state index is 0.586. The van der Waals surface area contributed by atoms with Gasteiger partial charge in [0.25, 0.3) is 0 Å². The van der Waals surface area contributed by atoms with Crippen molar-refractivity contribution in [2.24, 2.45) is 5.92 Å². The molecule has 0 bridgehead atoms. The molecular weight excluding hydrogens is 284 g/mol. The number of aryl methyl sites for hydroxylation is 1. The maximum absolute atomic E-state index is 5.94. The first kappa shape index (κ1) is 15.8. The van der Waals surface area contributed by atoms with E-state index in [1.807, 2.05) is 31.2 Å². The number of hydrogen-bond acceptors (Lipinski definition) is 3. The van der Waals surface area contributed by atoms with E-state index in [0.29, 0.717) is 22.6 Å². The summed E-state index contributed by atoms with van der Waals surface area (Å²) in [5, 5.41) is 4.07. The van der Waals surface area contributed by atoms with Gasteiger partial charge in [-0.2, -0.15) is 0 Å². The molecule has 0 saturated heterocycles. The Morgan fingerprint density at radius 3 is 2.71 bits per heavy atom. The van der Waals surface area contributed by atoms with E-state index in [1.165, 1.54) is 5.56 Å². The van der Waals surface area contributed by atoms with Gasteiger partial charge in [-0.25, -0.2) is 4.98 Å². The molecule has 0 aliphatic rings. The monoisotopic (exact) mass is 304 g/mol. The zero-order valence-electron chi connectivity index (χ0n) is 12.7. The first-order valence-electron chi connectivity index (χ1n) is 7.15. The molecule has 1 aromatic heterocycles. The molecule has 21 heavy (non-hydrogen) atoms. The Labute approximate surface area is 131 Å². The average molecular weight is 305 g/mol. The summed E-state index contributed by atoms with van der Waals surface area (Å²) in [7, 11) is 0. The summed E-state index contributed by atoms with van der Waals surface area (Å²) in [6.45, 7) is 8.21. The zero-order chi connectivity index (χ0) is 15.2. The number of nitrogens with zero attached hydrogens (tertiary/aromatic N) is 1. The second kappa shape index (κ2) is 7.43. The second-order valence-corrected chi connectivity index (χ2v) is 5.91. The molecule has 2 rings (SSSR count). The fraction of sp³-hybridized carbons (Fsp3) is 0.353. The summed E-state index contributed by atoms with van der Waals surface area (Å²) >= 11 is 5.94. The number of aromatic nitrogens is 1. The van der Waals surface area contributed by atoms with Gasteiger partial charge in [0.1, 0.15) is 5.75 Å². The smallest absolute Gasteiger partial charge is 0.219 e. The maximum Gasteiger partial charge on any atom is 0.219 e. The Balaban J connectivity index is 2.01. The maximum atomic E-state index is 5.94. The Kier molecular flexibility index (Phi) is 5.59. The molecule has 0 unspecified atom stereocenters. The molecule has 4 heteroatoms. The molecule has 0 aliphatic carbocycles. The van der Waals surface area contributed by atoms with Crippen molar-refractivity contribution in [3.8, 4) is 11.6 Å². The van der Waals surface area contributed by atoms with E-state index in [4.69, 9.17) is 16.3 Å². The molecule has 0 saturated carbocycles. The third-order valence-corrected chi connectivity index (χ3v) is 3.29. The minimum Gasteiger partial charge on any atom is -0.439 e. The normalized spacial score (nSPS) is 10.9. The largest absolute Gasteiger partial charge is 0.439 e. The molecule has 0 amide bonds. The van der Waals surface area contributed by atoms with E-state index >= 15 is 0 Å². The van der Waals surface area contributed by atoms with Crippen LogP contribution in [-0.2, 0) is 6.54 Å². The van der Waals surface area contributed by atoms with Crippen molar-refractivity contribution in [3.05, 3.63) is 52.7 Å². The zero-order valence-corrected chi connectivity index (χ0v) is 13.4. The lowest BCUT2D eigenvalue weighted by Crippen LogP contribution is -2.19. The van der Waals surface area contributed by atoms with Gasteiger partial charge in [0, 0.05) is 23.3 Å². The molecule has 0 fully saturated rings. The van der Waals surface area contributed by atoms with Gasteiger partial charge in [-0.15, -0.1) is 0 Å². The van der Waals surface area contributed by atoms with Gasteiger partial charge in [0.05, 0.1) is 0 Å². The minimum absolute atomic E-state index is 0.586. The molecule has 0 spiro atoms. The van der Waals surface area contributed by atoms with Crippen molar-refractivity contribution in [1.82, 2.24) is 10.3 Å². The van der Waals surface area contributed by atoms with E-state index < -0.39 is 0 Å². The van der Waals surface area contributed by atoms with Crippen LogP contribution in [0.3, 0.4) is 0 Å². The first-order valence-corrected chi connectivity index (χ1v) is 7.53. The van der Waals surface area contributed by atoms with Crippen molar-refractivity contribution in [2.75, 3.05) is 6.54 Å². The molecule has 2 aromatic rings. The fourth-order valence-electron chi connectivity index (χ4n) is 1.96. The van der Waals surface area contributed by atoms with Gasteiger partial charge in [-0.3, -0.25) is 0 Å². The topological polar surface area (TPSA) is 34.1 Å². The van der Waals surface area contributed by atoms with Gasteiger partial charge in [-0.05, 0) is 43.1 Å². The van der Waals surface area contributed by atoms with Crippen molar-refractivity contribution in [2.45, 2.75) is 27.3 Å². The van der Waals surface area contributed by atoms with Crippen LogP contribution >= 0.6 is 11.6 Å². The third kappa shape index (κ3) is 5.03. The molecule has 1 N–H and O–H groups in total. The quantitative estimate of drug-likeness (QED) is 0.848. The van der Waals surface area contributed by atoms with Crippen LogP contribution in [0.15, 0.2) is 36.4 Å². The van der Waals surface area contributed by atoms with Crippen LogP contribution in [0.25, 0.3) is 0 Å². The predicted octanol–water partition coefficient (Wildman–Crippen LogP) is 4.58. The van der Waals surface area contributed by atoms with E-state index in [0.717, 1.165) is 18.8 Å². The predicted molar refractivity (Wildman–Crippen MR) is 87.0 cm³/mol. The SMILES string of the molecule is Cc1nc(Oc2cccc(Cl)c2)ccc1CNCC(C)C. The van der Waals surface area contributed by atoms with Crippen molar-refractivity contribution in [1.29, 1.82) is 0 Å². The van der Waals surface area contributed by atoms with Gasteiger partial charge >= 0.3 is 0 Å². The lowest BCUT2D eigenvalue weighted by atomic mass is 10.2. The highest BCUT2D eigenvalue weighted by molar-refractivity contribution is 6.30. The standard InChI is InChI=1S/C17H21ClN2O/c1-12(2)10-19-11-14-7-8-17(20-13(14)3)21-16-6-4-5-15(18)9-16/h4-9,12,19H,10-11H2,1-3H3. The molecule has 0 radical (unpaired) electrons. The van der Waals surface area contributed by atoms with E-state index in [2.05, 4.69) is 30.2 Å². The highest BCUT2D eigenvalue weighted by atomic mass is 35.5. The molecule has 1 heterocycles. The first-order chi connectivity index (χ1) is 10.0. The van der Waals surface area contributed by atoms with Crippen LogP contribution in [-0.4, -0.2) is 11.5 Å². The summed E-state index contributed by atoms with van der Waals surface area (Å²) in [5.41, 5.74) is 2.17. The number of halogens is 1. The fourth-order valence-corrected chi connectivity index (χ4v) is 2.14. The third-order valence-electron chi connectivity index (χ3n) is 3.06. The highest BCUT2D eigenvalue weighted by Crippen LogP contribution is 2.23. The van der Waals surface area contributed by atoms with Gasteiger partial charge in [0.2, 0.25) is 5.88 Å². The van der Waals surface area contributed by atoms with Crippen LogP contribution in [0.4, 0.5) is 0 Å². The van der Waals surface area contributed by atoms with Crippen LogP contribution in [0.2, 0.25) is 5.02 Å². The van der Waals surface area contributed by atoms with Gasteiger partial charge in [-0.1, -0.05) is 37.6 Å². The molecule has 0 aliphatic heterocycles. The summed E-state index contributed by atoms with van der Waals surface area (Å²) in [6, 6.07) is 11.2. The molecule has 1 aromatic carbocycles. The number of rotatable bonds is 6.